The molecule has 0 bridgehead atoms. The maximum atomic E-state index is 4.82. The first-order valence-corrected chi connectivity index (χ1v) is 9.80. The van der Waals surface area contributed by atoms with E-state index in [1.165, 1.54) is 11.3 Å². The number of fused-ring (bicyclic) bond motifs is 1. The van der Waals surface area contributed by atoms with Gasteiger partial charge in [0.15, 0.2) is 5.82 Å². The van der Waals surface area contributed by atoms with Gasteiger partial charge in [0, 0.05) is 50.9 Å². The second kappa shape index (κ2) is 7.30. The number of rotatable bonds is 4. The molecule has 0 atom stereocenters. The average Bonchev–Trinajstić information content (AvgIpc) is 3.11. The summed E-state index contributed by atoms with van der Waals surface area (Å²) in [4.78, 5) is 11.7. The largest absolute Gasteiger partial charge is 0.350 e. The van der Waals surface area contributed by atoms with E-state index in [1.807, 2.05) is 31.4 Å². The fraction of sp³-hybridized carbons (Fsp3) is 0.476. The lowest BCUT2D eigenvalue weighted by Crippen LogP contribution is -2.32. The molecule has 1 aliphatic rings. The van der Waals surface area contributed by atoms with Crippen molar-refractivity contribution in [3.63, 3.8) is 0 Å². The zero-order valence-corrected chi connectivity index (χ0v) is 17.1. The first-order chi connectivity index (χ1) is 13.4. The van der Waals surface area contributed by atoms with Crippen LogP contribution in [0.1, 0.15) is 44.3 Å². The Morgan fingerprint density at radius 1 is 1.11 bits per heavy atom. The van der Waals surface area contributed by atoms with Gasteiger partial charge in [-0.3, -0.25) is 4.68 Å². The summed E-state index contributed by atoms with van der Waals surface area (Å²) in [7, 11) is 1.91. The van der Waals surface area contributed by atoms with Gasteiger partial charge in [-0.05, 0) is 30.0 Å². The van der Waals surface area contributed by atoms with Crippen LogP contribution >= 0.6 is 0 Å². The number of hydrogen-bond donors (Lipinski definition) is 0. The second-order valence-electron chi connectivity index (χ2n) is 8.61. The summed E-state index contributed by atoms with van der Waals surface area (Å²) in [5.41, 5.74) is 4.45. The third-order valence-electron chi connectivity index (χ3n) is 5.14. The number of anilines is 1. The molecule has 0 aliphatic carbocycles. The number of nitrogens with zero attached hydrogens (tertiary/aromatic N) is 7. The molecule has 3 aromatic rings. The minimum atomic E-state index is 0.302. The fourth-order valence-corrected chi connectivity index (χ4v) is 3.42. The van der Waals surface area contributed by atoms with Crippen molar-refractivity contribution >= 4 is 5.82 Å². The van der Waals surface area contributed by atoms with Gasteiger partial charge < -0.3 is 4.90 Å². The first kappa shape index (κ1) is 18.5. The predicted molar refractivity (Wildman–Crippen MR) is 109 cm³/mol. The Labute approximate surface area is 165 Å². The third-order valence-corrected chi connectivity index (χ3v) is 5.14. The molecular formula is C21H27N7. The Hall–Kier alpha value is -2.83. The lowest BCUT2D eigenvalue weighted by Gasteiger charge is -2.28. The van der Waals surface area contributed by atoms with E-state index in [0.29, 0.717) is 5.41 Å². The number of hydrogen-bond acceptors (Lipinski definition) is 6. The molecular weight excluding hydrogens is 350 g/mol. The van der Waals surface area contributed by atoms with Gasteiger partial charge in [0.05, 0.1) is 11.4 Å². The highest BCUT2D eigenvalue weighted by atomic mass is 15.3. The van der Waals surface area contributed by atoms with Crippen LogP contribution in [0.25, 0.3) is 11.4 Å². The summed E-state index contributed by atoms with van der Waals surface area (Å²) in [6, 6.07) is 5.97. The van der Waals surface area contributed by atoms with E-state index in [4.69, 9.17) is 4.98 Å². The zero-order chi connectivity index (χ0) is 19.7. The lowest BCUT2D eigenvalue weighted by molar-refractivity contribution is 0.374. The van der Waals surface area contributed by atoms with Crippen LogP contribution < -0.4 is 4.90 Å². The van der Waals surface area contributed by atoms with Crippen molar-refractivity contribution in [2.75, 3.05) is 11.4 Å². The van der Waals surface area contributed by atoms with E-state index in [0.717, 1.165) is 55.4 Å². The maximum Gasteiger partial charge on any atom is 0.151 e. The van der Waals surface area contributed by atoms with Crippen molar-refractivity contribution in [3.8, 4) is 11.4 Å². The zero-order valence-electron chi connectivity index (χ0n) is 17.1. The second-order valence-corrected chi connectivity index (χ2v) is 8.61. The van der Waals surface area contributed by atoms with Crippen LogP contribution in [0.2, 0.25) is 0 Å². The summed E-state index contributed by atoms with van der Waals surface area (Å²) in [5.74, 6) is 1.84. The Morgan fingerprint density at radius 3 is 2.64 bits per heavy atom. The Balaban J connectivity index is 1.46. The van der Waals surface area contributed by atoms with Gasteiger partial charge in [0.1, 0.15) is 11.5 Å². The van der Waals surface area contributed by atoms with E-state index in [-0.39, 0.29) is 0 Å². The summed E-state index contributed by atoms with van der Waals surface area (Å²) in [5, 5.41) is 13.0. The molecule has 0 amide bonds. The topological polar surface area (TPSA) is 72.6 Å². The summed E-state index contributed by atoms with van der Waals surface area (Å²) >= 11 is 0. The van der Waals surface area contributed by atoms with Crippen molar-refractivity contribution in [2.24, 2.45) is 12.5 Å². The first-order valence-electron chi connectivity index (χ1n) is 9.80. The van der Waals surface area contributed by atoms with Crippen molar-refractivity contribution in [2.45, 2.75) is 46.6 Å². The van der Waals surface area contributed by atoms with E-state index < -0.39 is 0 Å². The van der Waals surface area contributed by atoms with E-state index in [1.54, 1.807) is 10.9 Å². The van der Waals surface area contributed by atoms with Crippen LogP contribution in [0.4, 0.5) is 5.82 Å². The van der Waals surface area contributed by atoms with E-state index in [2.05, 4.69) is 46.0 Å². The fourth-order valence-electron chi connectivity index (χ4n) is 3.42. The van der Waals surface area contributed by atoms with E-state index in [9.17, 15) is 0 Å². The molecule has 0 saturated carbocycles. The quantitative estimate of drug-likeness (QED) is 0.695. The standard InChI is InChI=1S/C21H27N7/c1-21(2,3)10-7-19-22-13-15-14-28(12-9-16(15)24-19)20-6-5-17(25-26-20)18-8-11-23-27(18)4/h5-6,8,11,13H,7,9-10,12,14H2,1-4H3. The van der Waals surface area contributed by atoms with Crippen LogP contribution in [0, 0.1) is 5.41 Å². The smallest absolute Gasteiger partial charge is 0.151 e. The maximum absolute atomic E-state index is 4.82. The molecule has 0 aromatic carbocycles. The Kier molecular flexibility index (Phi) is 4.83. The van der Waals surface area contributed by atoms with Gasteiger partial charge in [-0.1, -0.05) is 20.8 Å². The molecule has 146 valence electrons. The predicted octanol–water partition coefficient (Wildman–Crippen LogP) is 3.21. The summed E-state index contributed by atoms with van der Waals surface area (Å²) in [6.45, 7) is 8.43. The van der Waals surface area contributed by atoms with Gasteiger partial charge in [-0.2, -0.15) is 5.10 Å². The number of aromatic nitrogens is 6. The average molecular weight is 377 g/mol. The monoisotopic (exact) mass is 377 g/mol. The SMILES string of the molecule is Cn1nccc1-c1ccc(N2CCc3nc(CCC(C)(C)C)ncc3C2)nn1. The van der Waals surface area contributed by atoms with Crippen LogP contribution in [0.3, 0.4) is 0 Å². The highest BCUT2D eigenvalue weighted by Gasteiger charge is 2.21. The minimum Gasteiger partial charge on any atom is -0.350 e. The summed E-state index contributed by atoms with van der Waals surface area (Å²) < 4.78 is 1.80. The van der Waals surface area contributed by atoms with Crippen molar-refractivity contribution < 1.29 is 0 Å². The highest BCUT2D eigenvalue weighted by Crippen LogP contribution is 2.24. The van der Waals surface area contributed by atoms with Crippen LogP contribution in [0.5, 0.6) is 0 Å². The molecule has 4 heterocycles. The molecule has 1 aliphatic heterocycles. The molecule has 3 aromatic heterocycles. The molecule has 4 rings (SSSR count). The lowest BCUT2D eigenvalue weighted by atomic mass is 9.90. The van der Waals surface area contributed by atoms with Crippen LogP contribution in [-0.4, -0.2) is 36.5 Å². The van der Waals surface area contributed by atoms with Crippen molar-refractivity contribution in [1.82, 2.24) is 29.9 Å². The molecule has 7 nitrogen and oxygen atoms in total. The molecule has 0 saturated heterocycles. The van der Waals surface area contributed by atoms with E-state index >= 15 is 0 Å². The molecule has 28 heavy (non-hydrogen) atoms. The van der Waals surface area contributed by atoms with Gasteiger partial charge in [-0.15, -0.1) is 10.2 Å². The minimum absolute atomic E-state index is 0.302. The number of aryl methyl sites for hydroxylation is 2. The Morgan fingerprint density at radius 2 is 1.96 bits per heavy atom. The van der Waals surface area contributed by atoms with Gasteiger partial charge in [0.25, 0.3) is 0 Å². The van der Waals surface area contributed by atoms with Crippen LogP contribution in [0.15, 0.2) is 30.6 Å². The molecule has 7 heteroatoms. The van der Waals surface area contributed by atoms with Crippen molar-refractivity contribution in [3.05, 3.63) is 47.7 Å². The van der Waals surface area contributed by atoms with Crippen molar-refractivity contribution in [1.29, 1.82) is 0 Å². The normalized spacial score (nSPS) is 14.2. The van der Waals surface area contributed by atoms with Crippen LogP contribution in [-0.2, 0) is 26.4 Å². The molecule has 0 unspecified atom stereocenters. The summed E-state index contributed by atoms with van der Waals surface area (Å²) in [6.07, 6.45) is 6.69. The third kappa shape index (κ3) is 4.03. The highest BCUT2D eigenvalue weighted by molar-refractivity contribution is 5.55. The molecule has 0 N–H and O–H groups in total. The molecule has 0 fully saturated rings. The Bertz CT molecular complexity index is 954. The molecule has 0 spiro atoms. The van der Waals surface area contributed by atoms with Gasteiger partial charge in [0.2, 0.25) is 0 Å². The van der Waals surface area contributed by atoms with Gasteiger partial charge >= 0.3 is 0 Å². The van der Waals surface area contributed by atoms with Gasteiger partial charge in [-0.25, -0.2) is 9.97 Å². The molecule has 0 radical (unpaired) electrons.